The number of hydrogen-bond donors (Lipinski definition) is 0. The summed E-state index contributed by atoms with van der Waals surface area (Å²) in [5.41, 5.74) is 0.691. The maximum Gasteiger partial charge on any atom is 0.350 e. The molecule has 0 radical (unpaired) electrons. The van der Waals surface area contributed by atoms with Gasteiger partial charge in [0.1, 0.15) is 11.3 Å². The highest BCUT2D eigenvalue weighted by molar-refractivity contribution is 6.37. The summed E-state index contributed by atoms with van der Waals surface area (Å²) in [5.74, 6) is -0.963. The Hall–Kier alpha value is -2.25. The van der Waals surface area contributed by atoms with E-state index in [-0.39, 0.29) is 32.8 Å². The maximum absolute atomic E-state index is 13.0. The SMILES string of the molecule is Cc1nn(C)c(OC(=O)COc2ccc(Cl)cc2Cl)c1C(=O)c1ccc(Cl)cc1Cl. The van der Waals surface area contributed by atoms with Crippen LogP contribution in [0.1, 0.15) is 21.6 Å². The van der Waals surface area contributed by atoms with Gasteiger partial charge in [-0.2, -0.15) is 5.10 Å². The predicted octanol–water partition coefficient (Wildman–Crippen LogP) is 5.56. The molecular weight excluding hydrogens is 474 g/mol. The molecule has 0 unspecified atom stereocenters. The highest BCUT2D eigenvalue weighted by atomic mass is 35.5. The van der Waals surface area contributed by atoms with Gasteiger partial charge in [0.2, 0.25) is 11.7 Å². The fourth-order valence-corrected chi connectivity index (χ4v) is 3.65. The van der Waals surface area contributed by atoms with E-state index < -0.39 is 18.4 Å². The Morgan fingerprint density at radius 2 is 1.63 bits per heavy atom. The van der Waals surface area contributed by atoms with Gasteiger partial charge in [-0.15, -0.1) is 0 Å². The molecule has 0 bridgehead atoms. The van der Waals surface area contributed by atoms with E-state index in [1.807, 2.05) is 0 Å². The number of rotatable bonds is 6. The summed E-state index contributed by atoms with van der Waals surface area (Å²) < 4.78 is 12.0. The molecular formula is C20H14Cl4N2O4. The van der Waals surface area contributed by atoms with Crippen LogP contribution in [0.5, 0.6) is 11.6 Å². The first-order chi connectivity index (χ1) is 14.2. The second kappa shape index (κ2) is 9.27. The van der Waals surface area contributed by atoms with Gasteiger partial charge in [0, 0.05) is 22.7 Å². The van der Waals surface area contributed by atoms with Gasteiger partial charge in [0.15, 0.2) is 6.61 Å². The van der Waals surface area contributed by atoms with E-state index in [1.165, 1.54) is 28.9 Å². The first-order valence-corrected chi connectivity index (χ1v) is 10.0. The summed E-state index contributed by atoms with van der Waals surface area (Å²) in [4.78, 5) is 25.4. The number of ketones is 1. The zero-order chi connectivity index (χ0) is 22.0. The van der Waals surface area contributed by atoms with Crippen molar-refractivity contribution < 1.29 is 19.1 Å². The highest BCUT2D eigenvalue weighted by Gasteiger charge is 2.26. The third-order valence-electron chi connectivity index (χ3n) is 4.02. The van der Waals surface area contributed by atoms with E-state index in [1.54, 1.807) is 26.1 Å². The van der Waals surface area contributed by atoms with Crippen LogP contribution in [0.25, 0.3) is 0 Å². The van der Waals surface area contributed by atoms with Crippen LogP contribution in [0.2, 0.25) is 20.1 Å². The van der Waals surface area contributed by atoms with Gasteiger partial charge in [0.25, 0.3) is 0 Å². The van der Waals surface area contributed by atoms with Gasteiger partial charge >= 0.3 is 5.97 Å². The molecule has 156 valence electrons. The lowest BCUT2D eigenvalue weighted by atomic mass is 10.0. The minimum absolute atomic E-state index is 0.0284. The molecule has 0 saturated carbocycles. The van der Waals surface area contributed by atoms with Crippen LogP contribution in [0.3, 0.4) is 0 Å². The molecule has 2 aromatic carbocycles. The number of aryl methyl sites for hydroxylation is 2. The molecule has 30 heavy (non-hydrogen) atoms. The Morgan fingerprint density at radius 3 is 2.27 bits per heavy atom. The highest BCUT2D eigenvalue weighted by Crippen LogP contribution is 2.30. The Bertz CT molecular complexity index is 1140. The molecule has 6 nitrogen and oxygen atoms in total. The van der Waals surface area contributed by atoms with Crippen LogP contribution < -0.4 is 9.47 Å². The van der Waals surface area contributed by atoms with Gasteiger partial charge < -0.3 is 9.47 Å². The van der Waals surface area contributed by atoms with E-state index in [0.29, 0.717) is 15.7 Å². The first kappa shape index (κ1) is 22.4. The topological polar surface area (TPSA) is 70.4 Å². The summed E-state index contributed by atoms with van der Waals surface area (Å²) in [5, 5.41) is 5.42. The van der Waals surface area contributed by atoms with Crippen molar-refractivity contribution in [2.24, 2.45) is 7.05 Å². The van der Waals surface area contributed by atoms with Gasteiger partial charge in [0.05, 0.1) is 15.7 Å². The van der Waals surface area contributed by atoms with Gasteiger partial charge in [-0.1, -0.05) is 46.4 Å². The molecule has 0 saturated heterocycles. The number of halogens is 4. The van der Waals surface area contributed by atoms with Crippen LogP contribution in [0.15, 0.2) is 36.4 Å². The molecule has 0 aliphatic heterocycles. The molecule has 1 heterocycles. The smallest absolute Gasteiger partial charge is 0.350 e. The lowest BCUT2D eigenvalue weighted by Gasteiger charge is -2.10. The molecule has 0 atom stereocenters. The standard InChI is InChI=1S/C20H14Cl4N2O4/c1-10-18(19(28)13-5-3-11(21)7-14(13)23)20(26(2)25-10)30-17(27)9-29-16-6-4-12(22)8-15(16)24/h3-8H,9H2,1-2H3. The molecule has 0 fully saturated rings. The number of esters is 1. The van der Waals surface area contributed by atoms with Crippen LogP contribution in [-0.2, 0) is 11.8 Å². The molecule has 0 aliphatic carbocycles. The number of carbonyl (C=O) groups is 2. The predicted molar refractivity (Wildman–Crippen MR) is 115 cm³/mol. The van der Waals surface area contributed by atoms with E-state index in [2.05, 4.69) is 5.10 Å². The average Bonchev–Trinajstić information content (AvgIpc) is 2.93. The van der Waals surface area contributed by atoms with Crippen LogP contribution in [0, 0.1) is 6.92 Å². The fraction of sp³-hybridized carbons (Fsp3) is 0.150. The minimum Gasteiger partial charge on any atom is -0.480 e. The average molecular weight is 488 g/mol. The van der Waals surface area contributed by atoms with Crippen LogP contribution >= 0.6 is 46.4 Å². The minimum atomic E-state index is -0.750. The van der Waals surface area contributed by atoms with Crippen molar-refractivity contribution in [3.05, 3.63) is 73.3 Å². The van der Waals surface area contributed by atoms with Crippen molar-refractivity contribution in [2.45, 2.75) is 6.92 Å². The largest absolute Gasteiger partial charge is 0.480 e. The van der Waals surface area contributed by atoms with Crippen molar-refractivity contribution in [1.82, 2.24) is 9.78 Å². The van der Waals surface area contributed by atoms with E-state index in [4.69, 9.17) is 55.9 Å². The van der Waals surface area contributed by atoms with E-state index in [0.717, 1.165) is 0 Å². The van der Waals surface area contributed by atoms with E-state index >= 15 is 0 Å². The molecule has 3 rings (SSSR count). The van der Waals surface area contributed by atoms with Gasteiger partial charge in [-0.05, 0) is 43.3 Å². The normalized spacial score (nSPS) is 10.7. The molecule has 0 amide bonds. The number of hydrogen-bond acceptors (Lipinski definition) is 5. The van der Waals surface area contributed by atoms with Crippen molar-refractivity contribution >= 4 is 58.2 Å². The fourth-order valence-electron chi connectivity index (χ4n) is 2.69. The molecule has 0 N–H and O–H groups in total. The summed E-state index contributed by atoms with van der Waals surface area (Å²) in [6, 6.07) is 9.09. The lowest BCUT2D eigenvalue weighted by Crippen LogP contribution is -2.20. The van der Waals surface area contributed by atoms with Crippen molar-refractivity contribution in [3.8, 4) is 11.6 Å². The molecule has 10 heteroatoms. The first-order valence-electron chi connectivity index (χ1n) is 8.49. The maximum atomic E-state index is 13.0. The summed E-state index contributed by atoms with van der Waals surface area (Å²) in [6.45, 7) is 1.18. The third kappa shape index (κ3) is 4.90. The quantitative estimate of drug-likeness (QED) is 0.336. The van der Waals surface area contributed by atoms with Crippen LogP contribution in [0.4, 0.5) is 0 Å². The number of ether oxygens (including phenoxy) is 2. The second-order valence-corrected chi connectivity index (χ2v) is 7.87. The molecule has 0 spiro atoms. The number of benzene rings is 2. The Kier molecular flexibility index (Phi) is 6.93. The molecule has 0 aliphatic rings. The summed E-state index contributed by atoms with van der Waals surface area (Å²) in [6.07, 6.45) is 0. The summed E-state index contributed by atoms with van der Waals surface area (Å²) in [7, 11) is 1.55. The lowest BCUT2D eigenvalue weighted by molar-refractivity contribution is -0.137. The zero-order valence-corrected chi connectivity index (χ0v) is 18.7. The third-order valence-corrected chi connectivity index (χ3v) is 5.10. The van der Waals surface area contributed by atoms with E-state index in [9.17, 15) is 9.59 Å². The number of nitrogens with zero attached hydrogens (tertiary/aromatic N) is 2. The van der Waals surface area contributed by atoms with Gasteiger partial charge in [-0.25, -0.2) is 9.48 Å². The number of carbonyl (C=O) groups excluding carboxylic acids is 2. The van der Waals surface area contributed by atoms with Crippen molar-refractivity contribution in [2.75, 3.05) is 6.61 Å². The Morgan fingerprint density at radius 1 is 1.00 bits per heavy atom. The van der Waals surface area contributed by atoms with Gasteiger partial charge in [-0.3, -0.25) is 4.79 Å². The van der Waals surface area contributed by atoms with Crippen LogP contribution in [-0.4, -0.2) is 28.1 Å². The Balaban J connectivity index is 1.81. The Labute approximate surface area is 192 Å². The van der Waals surface area contributed by atoms with Crippen molar-refractivity contribution in [1.29, 1.82) is 0 Å². The molecule has 1 aromatic heterocycles. The second-order valence-electron chi connectivity index (χ2n) is 6.18. The molecule has 3 aromatic rings. The monoisotopic (exact) mass is 486 g/mol. The summed E-state index contributed by atoms with van der Waals surface area (Å²) >= 11 is 23.9. The van der Waals surface area contributed by atoms with Crippen molar-refractivity contribution in [3.63, 3.8) is 0 Å². The zero-order valence-electron chi connectivity index (χ0n) is 15.7. The number of aromatic nitrogens is 2.